The standard InChI is InChI=1S/C16H20N2O2S/c1-18(2)16(19)12-4-6-13(7-5-12)17-10-14-8-9-15(20-14)11-21-3/h4-9,17H,10-11H2,1-3H3. The molecule has 0 atom stereocenters. The van der Waals surface area contributed by atoms with Gasteiger partial charge >= 0.3 is 0 Å². The van der Waals surface area contributed by atoms with Crippen LogP contribution in [0.4, 0.5) is 5.69 Å². The number of furan rings is 1. The maximum absolute atomic E-state index is 11.8. The highest BCUT2D eigenvalue weighted by Crippen LogP contribution is 2.16. The van der Waals surface area contributed by atoms with Gasteiger partial charge in [-0.2, -0.15) is 11.8 Å². The van der Waals surface area contributed by atoms with Gasteiger partial charge in [0.2, 0.25) is 0 Å². The van der Waals surface area contributed by atoms with Gasteiger partial charge in [-0.25, -0.2) is 0 Å². The minimum atomic E-state index is 0.00860. The Morgan fingerprint density at radius 3 is 2.43 bits per heavy atom. The number of benzene rings is 1. The third kappa shape index (κ3) is 4.29. The van der Waals surface area contributed by atoms with Gasteiger partial charge in [0.1, 0.15) is 11.5 Å². The Kier molecular flexibility index (Phi) is 5.33. The van der Waals surface area contributed by atoms with Crippen LogP contribution in [-0.2, 0) is 12.3 Å². The molecule has 112 valence electrons. The van der Waals surface area contributed by atoms with E-state index < -0.39 is 0 Å². The molecule has 0 radical (unpaired) electrons. The number of rotatable bonds is 6. The maximum atomic E-state index is 11.8. The molecule has 0 saturated heterocycles. The number of nitrogens with one attached hydrogen (secondary N) is 1. The minimum Gasteiger partial charge on any atom is -0.463 e. The first-order chi connectivity index (χ1) is 10.1. The van der Waals surface area contributed by atoms with Crippen LogP contribution < -0.4 is 5.32 Å². The lowest BCUT2D eigenvalue weighted by Crippen LogP contribution is -2.21. The third-order valence-corrected chi connectivity index (χ3v) is 3.58. The van der Waals surface area contributed by atoms with Gasteiger partial charge in [0, 0.05) is 25.3 Å². The van der Waals surface area contributed by atoms with E-state index in [1.54, 1.807) is 30.8 Å². The fourth-order valence-electron chi connectivity index (χ4n) is 1.92. The van der Waals surface area contributed by atoms with Gasteiger partial charge in [-0.15, -0.1) is 0 Å². The van der Waals surface area contributed by atoms with Crippen LogP contribution >= 0.6 is 11.8 Å². The second-order valence-electron chi connectivity index (χ2n) is 4.93. The van der Waals surface area contributed by atoms with Gasteiger partial charge in [0.05, 0.1) is 12.3 Å². The van der Waals surface area contributed by atoms with Crippen LogP contribution in [0.1, 0.15) is 21.9 Å². The summed E-state index contributed by atoms with van der Waals surface area (Å²) in [7, 11) is 3.50. The van der Waals surface area contributed by atoms with E-state index in [2.05, 4.69) is 11.6 Å². The molecule has 1 aromatic carbocycles. The van der Waals surface area contributed by atoms with E-state index in [0.29, 0.717) is 12.1 Å². The van der Waals surface area contributed by atoms with E-state index >= 15 is 0 Å². The molecule has 0 bridgehead atoms. The summed E-state index contributed by atoms with van der Waals surface area (Å²) >= 11 is 1.74. The molecular weight excluding hydrogens is 284 g/mol. The van der Waals surface area contributed by atoms with Gasteiger partial charge in [-0.3, -0.25) is 4.79 Å². The predicted octanol–water partition coefficient (Wildman–Crippen LogP) is 3.46. The van der Waals surface area contributed by atoms with Crippen molar-refractivity contribution >= 4 is 23.4 Å². The van der Waals surface area contributed by atoms with Crippen molar-refractivity contribution in [1.82, 2.24) is 4.90 Å². The van der Waals surface area contributed by atoms with Crippen LogP contribution in [0.25, 0.3) is 0 Å². The van der Waals surface area contributed by atoms with Crippen molar-refractivity contribution in [2.24, 2.45) is 0 Å². The third-order valence-electron chi connectivity index (χ3n) is 3.01. The highest BCUT2D eigenvalue weighted by molar-refractivity contribution is 7.97. The number of carbonyl (C=O) groups excluding carboxylic acids is 1. The molecule has 2 rings (SSSR count). The van der Waals surface area contributed by atoms with Crippen molar-refractivity contribution in [3.05, 3.63) is 53.5 Å². The topological polar surface area (TPSA) is 45.5 Å². The number of amides is 1. The van der Waals surface area contributed by atoms with Gasteiger partial charge in [-0.1, -0.05) is 0 Å². The van der Waals surface area contributed by atoms with Gasteiger partial charge in [-0.05, 0) is 42.7 Å². The summed E-state index contributed by atoms with van der Waals surface area (Å²) in [6.07, 6.45) is 2.05. The lowest BCUT2D eigenvalue weighted by Gasteiger charge is -2.11. The zero-order valence-electron chi connectivity index (χ0n) is 12.6. The van der Waals surface area contributed by atoms with E-state index in [0.717, 1.165) is 23.0 Å². The molecule has 0 spiro atoms. The number of nitrogens with zero attached hydrogens (tertiary/aromatic N) is 1. The summed E-state index contributed by atoms with van der Waals surface area (Å²) in [6, 6.07) is 11.5. The predicted molar refractivity (Wildman–Crippen MR) is 87.7 cm³/mol. The second kappa shape index (κ2) is 7.22. The van der Waals surface area contributed by atoms with Crippen molar-refractivity contribution in [2.75, 3.05) is 25.7 Å². The minimum absolute atomic E-state index is 0.00860. The van der Waals surface area contributed by atoms with Gasteiger partial charge < -0.3 is 14.6 Å². The molecule has 1 N–H and O–H groups in total. The average molecular weight is 304 g/mol. The van der Waals surface area contributed by atoms with Gasteiger partial charge in [0.25, 0.3) is 5.91 Å². The first kappa shape index (κ1) is 15.5. The summed E-state index contributed by atoms with van der Waals surface area (Å²) in [5, 5.41) is 3.29. The summed E-state index contributed by atoms with van der Waals surface area (Å²) in [5.74, 6) is 2.80. The Labute approximate surface area is 129 Å². The monoisotopic (exact) mass is 304 g/mol. The fourth-order valence-corrected chi connectivity index (χ4v) is 2.35. The molecule has 0 aliphatic heterocycles. The first-order valence-corrected chi connectivity index (χ1v) is 8.11. The smallest absolute Gasteiger partial charge is 0.253 e. The highest BCUT2D eigenvalue weighted by atomic mass is 32.2. The van der Waals surface area contributed by atoms with Crippen LogP contribution in [0.3, 0.4) is 0 Å². The van der Waals surface area contributed by atoms with E-state index in [9.17, 15) is 4.79 Å². The Bertz CT molecular complexity index is 591. The average Bonchev–Trinajstić information content (AvgIpc) is 2.93. The Morgan fingerprint density at radius 1 is 1.14 bits per heavy atom. The molecule has 0 aliphatic carbocycles. The van der Waals surface area contributed by atoms with Crippen LogP contribution in [0.5, 0.6) is 0 Å². The molecule has 5 heteroatoms. The second-order valence-corrected chi connectivity index (χ2v) is 5.80. The summed E-state index contributed by atoms with van der Waals surface area (Å²) in [6.45, 7) is 0.634. The van der Waals surface area contributed by atoms with Crippen molar-refractivity contribution in [1.29, 1.82) is 0 Å². The molecule has 4 nitrogen and oxygen atoms in total. The normalized spacial score (nSPS) is 10.4. The summed E-state index contributed by atoms with van der Waals surface area (Å²) in [4.78, 5) is 13.4. The van der Waals surface area contributed by atoms with Crippen LogP contribution in [0.15, 0.2) is 40.8 Å². The molecule has 21 heavy (non-hydrogen) atoms. The van der Waals surface area contributed by atoms with Crippen molar-refractivity contribution < 1.29 is 9.21 Å². The lowest BCUT2D eigenvalue weighted by molar-refractivity contribution is 0.0827. The van der Waals surface area contributed by atoms with E-state index in [-0.39, 0.29) is 5.91 Å². The Morgan fingerprint density at radius 2 is 1.81 bits per heavy atom. The number of thioether (sulfide) groups is 1. The summed E-state index contributed by atoms with van der Waals surface area (Å²) in [5.41, 5.74) is 1.65. The molecule has 0 unspecified atom stereocenters. The van der Waals surface area contributed by atoms with E-state index in [1.165, 1.54) is 0 Å². The number of carbonyl (C=O) groups is 1. The fraction of sp³-hybridized carbons (Fsp3) is 0.312. The molecule has 2 aromatic rings. The quantitative estimate of drug-likeness (QED) is 0.888. The zero-order chi connectivity index (χ0) is 15.2. The largest absolute Gasteiger partial charge is 0.463 e. The Balaban J connectivity index is 1.92. The lowest BCUT2D eigenvalue weighted by atomic mass is 10.2. The molecule has 0 fully saturated rings. The zero-order valence-corrected chi connectivity index (χ0v) is 13.4. The van der Waals surface area contributed by atoms with Crippen molar-refractivity contribution in [2.45, 2.75) is 12.3 Å². The first-order valence-electron chi connectivity index (χ1n) is 6.72. The van der Waals surface area contributed by atoms with E-state index in [4.69, 9.17) is 4.42 Å². The summed E-state index contributed by atoms with van der Waals surface area (Å²) < 4.78 is 5.70. The van der Waals surface area contributed by atoms with E-state index in [1.807, 2.05) is 36.4 Å². The van der Waals surface area contributed by atoms with Gasteiger partial charge in [0.15, 0.2) is 0 Å². The Hall–Kier alpha value is -1.88. The van der Waals surface area contributed by atoms with Crippen LogP contribution in [0.2, 0.25) is 0 Å². The van der Waals surface area contributed by atoms with Crippen LogP contribution in [-0.4, -0.2) is 31.2 Å². The molecular formula is C16H20N2O2S. The molecule has 0 aliphatic rings. The van der Waals surface area contributed by atoms with Crippen LogP contribution in [0, 0.1) is 0 Å². The molecule has 0 saturated carbocycles. The SMILES string of the molecule is CSCc1ccc(CNc2ccc(C(=O)N(C)C)cc2)o1. The van der Waals surface area contributed by atoms with Crippen molar-refractivity contribution in [3.63, 3.8) is 0 Å². The maximum Gasteiger partial charge on any atom is 0.253 e. The van der Waals surface area contributed by atoms with Crippen molar-refractivity contribution in [3.8, 4) is 0 Å². The number of anilines is 1. The highest BCUT2D eigenvalue weighted by Gasteiger charge is 2.07. The number of hydrogen-bond acceptors (Lipinski definition) is 4. The number of hydrogen-bond donors (Lipinski definition) is 1. The molecule has 1 aromatic heterocycles. The molecule has 1 amide bonds. The molecule has 1 heterocycles.